The minimum Gasteiger partial charge on any atom is -0.268 e. The van der Waals surface area contributed by atoms with Gasteiger partial charge in [0.1, 0.15) is 0 Å². The average Bonchev–Trinajstić information content (AvgIpc) is 2.56. The molecule has 120 valence electrons. The first kappa shape index (κ1) is 15.7. The molecule has 1 saturated heterocycles. The van der Waals surface area contributed by atoms with Crippen LogP contribution in [0.2, 0.25) is 0 Å². The molecule has 4 amide bonds. The highest BCUT2D eigenvalue weighted by Gasteiger charge is 2.42. The Balaban J connectivity index is 2.07. The third-order valence-electron chi connectivity index (χ3n) is 3.89. The quantitative estimate of drug-likeness (QED) is 0.630. The maximum atomic E-state index is 12.8. The Bertz CT molecular complexity index is 782. The molecule has 1 aliphatic rings. The predicted molar refractivity (Wildman–Crippen MR) is 91.9 cm³/mol. The third kappa shape index (κ3) is 2.50. The average molecular weight is 320 g/mol. The van der Waals surface area contributed by atoms with Gasteiger partial charge in [-0.3, -0.25) is 9.59 Å². The van der Waals surface area contributed by atoms with E-state index in [1.807, 2.05) is 13.8 Å². The lowest BCUT2D eigenvalue weighted by Crippen LogP contribution is -2.56. The first-order valence-electron chi connectivity index (χ1n) is 7.45. The van der Waals surface area contributed by atoms with Crippen LogP contribution in [0, 0.1) is 13.8 Å². The van der Waals surface area contributed by atoms with E-state index in [4.69, 9.17) is 0 Å². The first-order valence-corrected chi connectivity index (χ1v) is 7.45. The zero-order chi connectivity index (χ0) is 17.4. The molecule has 2 aromatic rings. The van der Waals surface area contributed by atoms with E-state index in [-0.39, 0.29) is 5.57 Å². The molecule has 5 nitrogen and oxygen atoms in total. The van der Waals surface area contributed by atoms with Crippen LogP contribution in [0.3, 0.4) is 0 Å². The number of barbiturate groups is 1. The van der Waals surface area contributed by atoms with Gasteiger partial charge in [0.15, 0.2) is 0 Å². The number of anilines is 2. The smallest absolute Gasteiger partial charge is 0.268 e. The standard InChI is InChI=1S/C19H16N2O3/c1-12-4-8-15(9-5-12)20-17(22)14(3)18(23)21(19(20)24)16-10-6-13(2)7-11-16/h4-11H,3H2,1-2H3. The number of benzene rings is 2. The van der Waals surface area contributed by atoms with Crippen molar-refractivity contribution in [2.24, 2.45) is 0 Å². The molecule has 0 spiro atoms. The normalized spacial score (nSPS) is 15.2. The second-order valence-electron chi connectivity index (χ2n) is 5.71. The number of aryl methyl sites for hydroxylation is 2. The van der Waals surface area contributed by atoms with Crippen molar-refractivity contribution in [2.45, 2.75) is 13.8 Å². The molecule has 0 N–H and O–H groups in total. The molecular formula is C19H16N2O3. The molecule has 0 radical (unpaired) electrons. The van der Waals surface area contributed by atoms with Crippen molar-refractivity contribution >= 4 is 29.2 Å². The lowest BCUT2D eigenvalue weighted by molar-refractivity contribution is -0.121. The monoisotopic (exact) mass is 320 g/mol. The van der Waals surface area contributed by atoms with Crippen LogP contribution in [0.25, 0.3) is 0 Å². The fourth-order valence-corrected chi connectivity index (χ4v) is 2.48. The highest BCUT2D eigenvalue weighted by molar-refractivity contribution is 6.44. The number of urea groups is 1. The van der Waals surface area contributed by atoms with Crippen molar-refractivity contribution in [1.82, 2.24) is 0 Å². The summed E-state index contributed by atoms with van der Waals surface area (Å²) in [6.07, 6.45) is 0. The van der Waals surface area contributed by atoms with E-state index in [1.54, 1.807) is 48.5 Å². The van der Waals surface area contributed by atoms with Crippen LogP contribution in [0.4, 0.5) is 16.2 Å². The van der Waals surface area contributed by atoms with Gasteiger partial charge in [-0.05, 0) is 38.1 Å². The van der Waals surface area contributed by atoms with Crippen molar-refractivity contribution in [1.29, 1.82) is 0 Å². The molecular weight excluding hydrogens is 304 g/mol. The molecule has 0 bridgehead atoms. The van der Waals surface area contributed by atoms with Gasteiger partial charge < -0.3 is 0 Å². The second kappa shape index (κ2) is 5.77. The molecule has 0 atom stereocenters. The number of imide groups is 2. The van der Waals surface area contributed by atoms with Gasteiger partial charge in [-0.1, -0.05) is 42.0 Å². The largest absolute Gasteiger partial charge is 0.343 e. The van der Waals surface area contributed by atoms with Crippen molar-refractivity contribution in [3.05, 3.63) is 71.8 Å². The third-order valence-corrected chi connectivity index (χ3v) is 3.89. The number of hydrogen-bond donors (Lipinski definition) is 0. The van der Waals surface area contributed by atoms with Gasteiger partial charge in [0.25, 0.3) is 11.8 Å². The molecule has 0 saturated carbocycles. The molecule has 1 heterocycles. The fraction of sp³-hybridized carbons (Fsp3) is 0.105. The van der Waals surface area contributed by atoms with Crippen LogP contribution in [0.1, 0.15) is 11.1 Å². The minimum atomic E-state index is -0.704. The van der Waals surface area contributed by atoms with Crippen LogP contribution in [0.15, 0.2) is 60.7 Å². The Morgan fingerprint density at radius 1 is 0.667 bits per heavy atom. The Morgan fingerprint density at radius 3 is 1.33 bits per heavy atom. The van der Waals surface area contributed by atoms with Gasteiger partial charge in [0.2, 0.25) is 0 Å². The van der Waals surface area contributed by atoms with Gasteiger partial charge in [0.05, 0.1) is 16.9 Å². The van der Waals surface area contributed by atoms with Gasteiger partial charge >= 0.3 is 6.03 Å². The number of rotatable bonds is 2. The van der Waals surface area contributed by atoms with Gasteiger partial charge in [0, 0.05) is 0 Å². The van der Waals surface area contributed by atoms with Crippen molar-refractivity contribution < 1.29 is 14.4 Å². The molecule has 24 heavy (non-hydrogen) atoms. The highest BCUT2D eigenvalue weighted by Crippen LogP contribution is 2.28. The second-order valence-corrected chi connectivity index (χ2v) is 5.71. The Morgan fingerprint density at radius 2 is 1.00 bits per heavy atom. The van der Waals surface area contributed by atoms with Crippen LogP contribution in [-0.4, -0.2) is 17.8 Å². The van der Waals surface area contributed by atoms with Crippen molar-refractivity contribution in [2.75, 3.05) is 9.80 Å². The minimum absolute atomic E-state index is 0.240. The molecule has 1 fully saturated rings. The van der Waals surface area contributed by atoms with Gasteiger partial charge in [-0.15, -0.1) is 0 Å². The van der Waals surface area contributed by atoms with E-state index >= 15 is 0 Å². The SMILES string of the molecule is C=C1C(=O)N(c2ccc(C)cc2)C(=O)N(c2ccc(C)cc2)C1=O. The van der Waals surface area contributed by atoms with Crippen LogP contribution >= 0.6 is 0 Å². The molecule has 1 aliphatic heterocycles. The maximum Gasteiger partial charge on any atom is 0.343 e. The van der Waals surface area contributed by atoms with Gasteiger partial charge in [-0.2, -0.15) is 0 Å². The first-order chi connectivity index (χ1) is 11.4. The summed E-state index contributed by atoms with van der Waals surface area (Å²) < 4.78 is 0. The van der Waals surface area contributed by atoms with E-state index in [0.29, 0.717) is 11.4 Å². The van der Waals surface area contributed by atoms with E-state index in [2.05, 4.69) is 6.58 Å². The Labute approximate surface area is 139 Å². The summed E-state index contributed by atoms with van der Waals surface area (Å²) in [6, 6.07) is 13.2. The zero-order valence-electron chi connectivity index (χ0n) is 13.4. The Hall–Kier alpha value is -3.21. The van der Waals surface area contributed by atoms with E-state index in [0.717, 1.165) is 20.9 Å². The topological polar surface area (TPSA) is 57.7 Å². The van der Waals surface area contributed by atoms with E-state index in [1.165, 1.54) is 0 Å². The number of carbonyl (C=O) groups is 3. The van der Waals surface area contributed by atoms with Crippen LogP contribution in [-0.2, 0) is 9.59 Å². The summed E-state index contributed by atoms with van der Waals surface area (Å²) in [5.74, 6) is -1.39. The summed E-state index contributed by atoms with van der Waals surface area (Å²) >= 11 is 0. The van der Waals surface area contributed by atoms with Crippen LogP contribution < -0.4 is 9.80 Å². The Kier molecular flexibility index (Phi) is 3.77. The van der Waals surface area contributed by atoms with Crippen LogP contribution in [0.5, 0.6) is 0 Å². The van der Waals surface area contributed by atoms with Gasteiger partial charge in [-0.25, -0.2) is 14.6 Å². The predicted octanol–water partition coefficient (Wildman–Crippen LogP) is 3.36. The maximum absolute atomic E-state index is 12.8. The zero-order valence-corrected chi connectivity index (χ0v) is 13.4. The summed E-state index contributed by atoms with van der Waals surface area (Å²) in [6.45, 7) is 7.38. The van der Waals surface area contributed by atoms with E-state index in [9.17, 15) is 14.4 Å². The summed E-state index contributed by atoms with van der Waals surface area (Å²) in [7, 11) is 0. The number of nitrogens with zero attached hydrogens (tertiary/aromatic N) is 2. The van der Waals surface area contributed by atoms with Crippen molar-refractivity contribution in [3.63, 3.8) is 0 Å². The summed E-state index contributed by atoms with van der Waals surface area (Å²) in [5, 5.41) is 0. The summed E-state index contributed by atoms with van der Waals surface area (Å²) in [5.41, 5.74) is 2.57. The lowest BCUT2D eigenvalue weighted by atomic mass is 10.1. The summed E-state index contributed by atoms with van der Waals surface area (Å²) in [4.78, 5) is 39.6. The lowest BCUT2D eigenvalue weighted by Gasteiger charge is -2.33. The molecule has 0 aliphatic carbocycles. The van der Waals surface area contributed by atoms with Crippen molar-refractivity contribution in [3.8, 4) is 0 Å². The molecule has 2 aromatic carbocycles. The fourth-order valence-electron chi connectivity index (χ4n) is 2.48. The van der Waals surface area contributed by atoms with E-state index < -0.39 is 17.8 Å². The number of hydrogen-bond acceptors (Lipinski definition) is 3. The number of amides is 4. The molecule has 5 heteroatoms. The molecule has 0 aromatic heterocycles. The number of carbonyl (C=O) groups excluding carboxylic acids is 3. The highest BCUT2D eigenvalue weighted by atomic mass is 16.2. The molecule has 3 rings (SSSR count). The molecule has 0 unspecified atom stereocenters.